The number of ether oxygens (including phenoxy) is 1. The molecule has 214 valence electrons. The smallest absolute Gasteiger partial charge is 0.206 e. The maximum absolute atomic E-state index is 12.9. The molecule has 2 aromatic rings. The predicted octanol–water partition coefficient (Wildman–Crippen LogP) is 3.18. The molecule has 0 aliphatic carbocycles. The standard InChI is InChI=1S/C28H35N5O5S2/c1-32(17-18-39(3,34)35)15-7-8-16-33-20-26-25(19-27(33)38-2)28(30-21-29-26)31-22-11-13-24(14-12-22)40(36,37)23-9-5-4-6-10-23/h4-6,9-14,19-21,31H,7-8,15-18H2,1-3H3,(H,29,30). The van der Waals surface area contributed by atoms with Crippen LogP contribution >= 0.6 is 0 Å². The molecule has 2 N–H and O–H groups in total. The Morgan fingerprint density at radius 2 is 1.68 bits per heavy atom. The summed E-state index contributed by atoms with van der Waals surface area (Å²) in [7, 11) is -3.01. The van der Waals surface area contributed by atoms with Crippen LogP contribution in [-0.2, 0) is 24.4 Å². The fourth-order valence-corrected chi connectivity index (χ4v) is 6.18. The van der Waals surface area contributed by atoms with Crippen LogP contribution in [0.2, 0.25) is 0 Å². The number of rotatable bonds is 13. The lowest BCUT2D eigenvalue weighted by Gasteiger charge is -2.30. The van der Waals surface area contributed by atoms with Crippen LogP contribution in [0.3, 0.4) is 0 Å². The van der Waals surface area contributed by atoms with Crippen LogP contribution in [0.5, 0.6) is 0 Å². The molecular formula is C28H35N5O5S2. The number of anilines is 1. The number of sulfone groups is 2. The van der Waals surface area contributed by atoms with Crippen LogP contribution in [0.15, 0.2) is 105 Å². The first-order valence-electron chi connectivity index (χ1n) is 12.9. The maximum Gasteiger partial charge on any atom is 0.206 e. The molecule has 2 aromatic carbocycles. The Labute approximate surface area is 236 Å². The van der Waals surface area contributed by atoms with Crippen molar-refractivity contribution >= 4 is 31.7 Å². The molecule has 0 saturated heterocycles. The van der Waals surface area contributed by atoms with Crippen molar-refractivity contribution in [3.63, 3.8) is 0 Å². The predicted molar refractivity (Wildman–Crippen MR) is 157 cm³/mol. The van der Waals surface area contributed by atoms with Gasteiger partial charge in [0.1, 0.15) is 15.7 Å². The third-order valence-corrected chi connectivity index (χ3v) is 9.23. The summed E-state index contributed by atoms with van der Waals surface area (Å²) in [6.07, 6.45) is 8.55. The van der Waals surface area contributed by atoms with Gasteiger partial charge in [-0.25, -0.2) is 21.8 Å². The Bertz CT molecular complexity index is 1530. The van der Waals surface area contributed by atoms with Crippen LogP contribution in [0.1, 0.15) is 12.8 Å². The van der Waals surface area contributed by atoms with Gasteiger partial charge < -0.3 is 25.2 Å². The molecule has 0 spiro atoms. The molecule has 12 heteroatoms. The number of hydrogen-bond donors (Lipinski definition) is 2. The van der Waals surface area contributed by atoms with Gasteiger partial charge in [-0.1, -0.05) is 18.2 Å². The van der Waals surface area contributed by atoms with Crippen molar-refractivity contribution in [2.75, 3.05) is 51.1 Å². The van der Waals surface area contributed by atoms with Crippen LogP contribution in [0.25, 0.3) is 0 Å². The molecule has 0 amide bonds. The van der Waals surface area contributed by atoms with Crippen LogP contribution < -0.4 is 10.6 Å². The van der Waals surface area contributed by atoms with Crippen molar-refractivity contribution < 1.29 is 21.6 Å². The molecule has 2 aliphatic heterocycles. The van der Waals surface area contributed by atoms with E-state index >= 15 is 0 Å². The van der Waals surface area contributed by atoms with E-state index in [0.717, 1.165) is 37.2 Å². The van der Waals surface area contributed by atoms with E-state index in [-0.39, 0.29) is 15.5 Å². The van der Waals surface area contributed by atoms with Crippen molar-refractivity contribution in [3.05, 3.63) is 89.8 Å². The number of nitrogens with zero attached hydrogens (tertiary/aromatic N) is 3. The molecule has 0 fully saturated rings. The highest BCUT2D eigenvalue weighted by Gasteiger charge is 2.23. The second-order valence-electron chi connectivity index (χ2n) is 9.69. The number of aliphatic imine (C=N–C) groups is 1. The first-order chi connectivity index (χ1) is 19.1. The summed E-state index contributed by atoms with van der Waals surface area (Å²) >= 11 is 0. The molecule has 2 aliphatic rings. The molecule has 0 saturated carbocycles. The van der Waals surface area contributed by atoms with E-state index in [9.17, 15) is 16.8 Å². The quantitative estimate of drug-likeness (QED) is 0.342. The number of methoxy groups -OCH3 is 1. The summed E-state index contributed by atoms with van der Waals surface area (Å²) in [5.41, 5.74) is 2.37. The Hall–Kier alpha value is -3.61. The Balaban J connectivity index is 1.40. The highest BCUT2D eigenvalue weighted by atomic mass is 32.2. The van der Waals surface area contributed by atoms with Crippen LogP contribution in [-0.4, -0.2) is 78.8 Å². The van der Waals surface area contributed by atoms with E-state index in [1.807, 2.05) is 29.1 Å². The summed E-state index contributed by atoms with van der Waals surface area (Å²) < 4.78 is 54.2. The third-order valence-electron chi connectivity index (χ3n) is 6.52. The highest BCUT2D eigenvalue weighted by Crippen LogP contribution is 2.29. The van der Waals surface area contributed by atoms with Gasteiger partial charge >= 0.3 is 0 Å². The van der Waals surface area contributed by atoms with Gasteiger partial charge in [0, 0.05) is 42.9 Å². The van der Waals surface area contributed by atoms with E-state index in [1.54, 1.807) is 68.0 Å². The largest absolute Gasteiger partial charge is 0.482 e. The zero-order valence-corrected chi connectivity index (χ0v) is 24.5. The van der Waals surface area contributed by atoms with E-state index in [2.05, 4.69) is 15.6 Å². The van der Waals surface area contributed by atoms with Gasteiger partial charge in [-0.05, 0) is 62.8 Å². The molecule has 0 radical (unpaired) electrons. The minimum atomic E-state index is -3.60. The van der Waals surface area contributed by atoms with Gasteiger partial charge in [-0.2, -0.15) is 0 Å². The van der Waals surface area contributed by atoms with Crippen LogP contribution in [0.4, 0.5) is 5.69 Å². The zero-order chi connectivity index (χ0) is 28.8. The summed E-state index contributed by atoms with van der Waals surface area (Å²) in [6.45, 7) is 2.06. The summed E-state index contributed by atoms with van der Waals surface area (Å²) in [5.74, 6) is 1.44. The van der Waals surface area contributed by atoms with Crippen molar-refractivity contribution in [1.29, 1.82) is 0 Å². The molecule has 0 aromatic heterocycles. The third kappa shape index (κ3) is 7.52. The lowest BCUT2D eigenvalue weighted by Crippen LogP contribution is -2.30. The van der Waals surface area contributed by atoms with Crippen molar-refractivity contribution in [3.8, 4) is 0 Å². The van der Waals surface area contributed by atoms with Crippen molar-refractivity contribution in [2.24, 2.45) is 4.99 Å². The molecule has 0 atom stereocenters. The first-order valence-corrected chi connectivity index (χ1v) is 16.4. The van der Waals surface area contributed by atoms with E-state index in [0.29, 0.717) is 23.9 Å². The number of nitrogens with one attached hydrogen (secondary N) is 2. The Morgan fingerprint density at radius 1 is 0.975 bits per heavy atom. The monoisotopic (exact) mass is 585 g/mol. The lowest BCUT2D eigenvalue weighted by molar-refractivity contribution is 0.182. The van der Waals surface area contributed by atoms with E-state index in [4.69, 9.17) is 4.74 Å². The second kappa shape index (κ2) is 12.7. The topological polar surface area (TPSA) is 120 Å². The normalized spacial score (nSPS) is 15.3. The van der Waals surface area contributed by atoms with Gasteiger partial charge in [0.05, 0.1) is 34.7 Å². The van der Waals surface area contributed by atoms with E-state index < -0.39 is 19.7 Å². The minimum Gasteiger partial charge on any atom is -0.482 e. The van der Waals surface area contributed by atoms with Crippen molar-refractivity contribution in [2.45, 2.75) is 22.6 Å². The van der Waals surface area contributed by atoms with Gasteiger partial charge in [-0.3, -0.25) is 0 Å². The number of hydrogen-bond acceptors (Lipinski definition) is 10. The summed E-state index contributed by atoms with van der Waals surface area (Å²) in [5, 5.41) is 6.47. The van der Waals surface area contributed by atoms with E-state index in [1.165, 1.54) is 6.26 Å². The minimum absolute atomic E-state index is 0.161. The molecule has 40 heavy (non-hydrogen) atoms. The summed E-state index contributed by atoms with van der Waals surface area (Å²) in [4.78, 5) is 8.99. The molecule has 0 unspecified atom stereocenters. The maximum atomic E-state index is 12.9. The molecule has 0 bridgehead atoms. The number of allylic oxidation sites excluding steroid dienone is 1. The van der Waals surface area contributed by atoms with Gasteiger partial charge in [0.25, 0.3) is 0 Å². The SMILES string of the molecule is COC1=CC2=C(Nc3ccc(S(=O)(=O)c4ccccc4)cc3)N=CNC2=CN1CCCCN(C)CCS(C)(=O)=O. The number of fused-ring (bicyclic) bond motifs is 1. The average molecular weight is 586 g/mol. The van der Waals surface area contributed by atoms with Gasteiger partial charge in [0.15, 0.2) is 5.88 Å². The fourth-order valence-electron chi connectivity index (χ4n) is 4.26. The fraction of sp³-hybridized carbons (Fsp3) is 0.321. The Morgan fingerprint density at radius 3 is 2.35 bits per heavy atom. The zero-order valence-electron chi connectivity index (χ0n) is 22.9. The van der Waals surface area contributed by atoms with Gasteiger partial charge in [0.2, 0.25) is 9.84 Å². The first kappa shape index (κ1) is 29.4. The number of benzene rings is 2. The molecule has 10 nitrogen and oxygen atoms in total. The number of unbranched alkanes of at least 4 members (excludes halogenated alkanes) is 1. The van der Waals surface area contributed by atoms with Gasteiger partial charge in [-0.15, -0.1) is 0 Å². The van der Waals surface area contributed by atoms with Crippen molar-refractivity contribution in [1.82, 2.24) is 15.1 Å². The second-order valence-corrected chi connectivity index (χ2v) is 13.9. The molecular weight excluding hydrogens is 550 g/mol. The van der Waals surface area contributed by atoms with Crippen LogP contribution in [0, 0.1) is 0 Å². The highest BCUT2D eigenvalue weighted by molar-refractivity contribution is 7.91. The molecule has 2 heterocycles. The Kier molecular flexibility index (Phi) is 9.33. The molecule has 4 rings (SSSR count). The lowest BCUT2D eigenvalue weighted by atomic mass is 10.1. The summed E-state index contributed by atoms with van der Waals surface area (Å²) in [6, 6.07) is 14.9. The average Bonchev–Trinajstić information content (AvgIpc) is 2.94.